The van der Waals surface area contributed by atoms with Crippen LogP contribution >= 0.6 is 0 Å². The van der Waals surface area contributed by atoms with E-state index in [1.165, 1.54) is 82.8 Å². The van der Waals surface area contributed by atoms with Gasteiger partial charge >= 0.3 is 53.6 Å². The summed E-state index contributed by atoms with van der Waals surface area (Å²) in [5.41, 5.74) is 0.315. The molecule has 0 unspecified atom stereocenters. The van der Waals surface area contributed by atoms with E-state index in [-0.39, 0.29) is 5.56 Å². The Morgan fingerprint density at radius 2 is 0.820 bits per heavy atom. The van der Waals surface area contributed by atoms with E-state index in [0.717, 1.165) is 31.4 Å². The summed E-state index contributed by atoms with van der Waals surface area (Å²) in [7, 11) is 0. The van der Waals surface area contributed by atoms with Crippen LogP contribution < -0.4 is 4.74 Å². The molecule has 0 spiro atoms. The standard InChI is InChI=1S/C41H45F17O3/c1-2-3-4-5-6-7-8-9-10-11-12-13-14-15-27-60-32-24-20-30(21-25-32)17-16-29-18-22-31(23-19-29)33(59)61-28-26-34(42,43)35(44,45)36(46,47)37(48,49)38(50,51)39(52,53)40(54,55)41(56,57)58/h18-25H,2-15,26-28H2,1H3. The number of alkyl halides is 17. The highest BCUT2D eigenvalue weighted by Gasteiger charge is 2.95. The minimum absolute atomic E-state index is 0.263. The van der Waals surface area contributed by atoms with Crippen LogP contribution in [0.5, 0.6) is 5.75 Å². The maximum atomic E-state index is 14.1. The number of unbranched alkanes of at least 4 members (excludes halogenated alkanes) is 13. The van der Waals surface area contributed by atoms with Crippen molar-refractivity contribution in [2.24, 2.45) is 0 Å². The summed E-state index contributed by atoms with van der Waals surface area (Å²) in [6, 6.07) is 11.1. The Kier molecular flexibility index (Phi) is 19.1. The fourth-order valence-electron chi connectivity index (χ4n) is 5.66. The lowest BCUT2D eigenvalue weighted by Gasteiger charge is -2.42. The molecule has 0 amide bonds. The molecule has 3 nitrogen and oxygen atoms in total. The van der Waals surface area contributed by atoms with Crippen LogP contribution in [0.3, 0.4) is 0 Å². The van der Waals surface area contributed by atoms with Gasteiger partial charge in [0.15, 0.2) is 0 Å². The summed E-state index contributed by atoms with van der Waals surface area (Å²) in [5.74, 6) is -52.6. The molecule has 0 bridgehead atoms. The van der Waals surface area contributed by atoms with E-state index in [1.807, 2.05) is 0 Å². The van der Waals surface area contributed by atoms with Crippen molar-refractivity contribution in [2.45, 2.75) is 151 Å². The topological polar surface area (TPSA) is 35.5 Å². The summed E-state index contributed by atoms with van der Waals surface area (Å²) < 4.78 is 239. The Balaban J connectivity index is 1.85. The van der Waals surface area contributed by atoms with Crippen LogP contribution in [0.4, 0.5) is 74.6 Å². The highest BCUT2D eigenvalue weighted by atomic mass is 19.4. The van der Waals surface area contributed by atoms with Gasteiger partial charge in [-0.15, -0.1) is 0 Å². The first-order valence-corrected chi connectivity index (χ1v) is 19.4. The molecule has 0 N–H and O–H groups in total. The number of hydrogen-bond acceptors (Lipinski definition) is 3. The van der Waals surface area contributed by atoms with Gasteiger partial charge in [-0.2, -0.15) is 74.6 Å². The molecule has 0 aliphatic carbocycles. The lowest BCUT2D eigenvalue weighted by atomic mass is 9.88. The first-order valence-electron chi connectivity index (χ1n) is 19.4. The second-order valence-corrected chi connectivity index (χ2v) is 14.3. The Morgan fingerprint density at radius 3 is 1.23 bits per heavy atom. The molecule has 2 aromatic carbocycles. The van der Waals surface area contributed by atoms with E-state index in [4.69, 9.17) is 4.74 Å². The first kappa shape index (κ1) is 53.2. The molecular weight excluding hydrogens is 863 g/mol. The molecule has 0 aliphatic heterocycles. The van der Waals surface area contributed by atoms with Crippen LogP contribution in [0.15, 0.2) is 48.5 Å². The Bertz CT molecular complexity index is 1700. The smallest absolute Gasteiger partial charge is 0.460 e. The van der Waals surface area contributed by atoms with Crippen molar-refractivity contribution in [1.82, 2.24) is 0 Å². The summed E-state index contributed by atoms with van der Waals surface area (Å²) in [5, 5.41) is 0. The van der Waals surface area contributed by atoms with Crippen molar-refractivity contribution in [2.75, 3.05) is 13.2 Å². The van der Waals surface area contributed by atoms with Gasteiger partial charge in [-0.3, -0.25) is 0 Å². The van der Waals surface area contributed by atoms with Crippen molar-refractivity contribution >= 4 is 5.97 Å². The summed E-state index contributed by atoms with van der Waals surface area (Å²) in [6.07, 6.45) is 6.51. The van der Waals surface area contributed by atoms with E-state index in [2.05, 4.69) is 23.5 Å². The van der Waals surface area contributed by atoms with E-state index in [0.29, 0.717) is 17.9 Å². The third-order valence-electron chi connectivity index (χ3n) is 9.53. The molecule has 2 rings (SSSR count). The Labute approximate surface area is 341 Å². The molecule has 61 heavy (non-hydrogen) atoms. The highest BCUT2D eigenvalue weighted by molar-refractivity contribution is 5.89. The van der Waals surface area contributed by atoms with E-state index in [9.17, 15) is 79.4 Å². The first-order chi connectivity index (χ1) is 28.1. The number of carbonyl (C=O) groups excluding carboxylic acids is 1. The number of ether oxygens (including phenoxy) is 2. The van der Waals surface area contributed by atoms with Crippen LogP contribution in [0, 0.1) is 11.8 Å². The number of hydrogen-bond donors (Lipinski definition) is 0. The largest absolute Gasteiger partial charge is 0.494 e. The van der Waals surface area contributed by atoms with Gasteiger partial charge < -0.3 is 9.47 Å². The average molecular weight is 909 g/mol. The normalized spacial score (nSPS) is 13.5. The molecule has 0 atom stereocenters. The monoisotopic (exact) mass is 908 g/mol. The fourth-order valence-corrected chi connectivity index (χ4v) is 5.66. The van der Waals surface area contributed by atoms with Crippen molar-refractivity contribution in [3.8, 4) is 17.6 Å². The predicted molar refractivity (Wildman–Crippen MR) is 190 cm³/mol. The van der Waals surface area contributed by atoms with Crippen LogP contribution in [0.2, 0.25) is 0 Å². The van der Waals surface area contributed by atoms with Crippen LogP contribution in [-0.4, -0.2) is 66.8 Å². The van der Waals surface area contributed by atoms with Crippen molar-refractivity contribution in [1.29, 1.82) is 0 Å². The fraction of sp³-hybridized carbons (Fsp3) is 0.634. The van der Waals surface area contributed by atoms with Crippen LogP contribution in [0.25, 0.3) is 0 Å². The van der Waals surface area contributed by atoms with Crippen molar-refractivity contribution in [3.05, 3.63) is 65.2 Å². The van der Waals surface area contributed by atoms with Gasteiger partial charge in [0.2, 0.25) is 0 Å². The van der Waals surface area contributed by atoms with Gasteiger partial charge in [-0.05, 0) is 55.0 Å². The molecule has 0 aliphatic rings. The zero-order valence-corrected chi connectivity index (χ0v) is 32.8. The second kappa shape index (κ2) is 21.9. The number of esters is 1. The molecule has 0 fully saturated rings. The summed E-state index contributed by atoms with van der Waals surface area (Å²) in [4.78, 5) is 12.2. The Hall–Kier alpha value is -3.92. The number of carbonyl (C=O) groups is 1. The Morgan fingerprint density at radius 1 is 0.459 bits per heavy atom. The zero-order chi connectivity index (χ0) is 46.4. The SMILES string of the molecule is CCCCCCCCCCCCCCCCOc1ccc(C#Cc2ccc(C(=O)OCCC(F)(F)C(F)(F)C(F)(F)C(F)(F)C(F)(F)C(F)(F)C(F)(F)C(F)(F)F)cc2)cc1. The molecule has 0 aromatic heterocycles. The number of rotatable bonds is 26. The maximum Gasteiger partial charge on any atom is 0.460 e. The van der Waals surface area contributed by atoms with Gasteiger partial charge in [0.05, 0.1) is 25.2 Å². The van der Waals surface area contributed by atoms with Crippen molar-refractivity contribution < 1.29 is 88.9 Å². The highest BCUT2D eigenvalue weighted by Crippen LogP contribution is 2.64. The minimum Gasteiger partial charge on any atom is -0.494 e. The van der Waals surface area contributed by atoms with Gasteiger partial charge in [-0.25, -0.2) is 4.79 Å². The number of benzene rings is 2. The lowest BCUT2D eigenvalue weighted by Crippen LogP contribution is -2.74. The quantitative estimate of drug-likeness (QED) is 0.0408. The third-order valence-corrected chi connectivity index (χ3v) is 9.53. The molecule has 346 valence electrons. The van der Waals surface area contributed by atoms with E-state index < -0.39 is 72.2 Å². The third kappa shape index (κ3) is 13.1. The molecule has 2 aromatic rings. The predicted octanol–water partition coefficient (Wildman–Crippen LogP) is 14.5. The molecule has 0 radical (unpaired) electrons. The number of halogens is 17. The van der Waals surface area contributed by atoms with Gasteiger partial charge in [0, 0.05) is 11.1 Å². The van der Waals surface area contributed by atoms with Gasteiger partial charge in [0.25, 0.3) is 0 Å². The molecular formula is C41H45F17O3. The molecule has 0 saturated heterocycles. The van der Waals surface area contributed by atoms with Gasteiger partial charge in [-0.1, -0.05) is 102 Å². The second-order valence-electron chi connectivity index (χ2n) is 14.3. The zero-order valence-electron chi connectivity index (χ0n) is 32.8. The van der Waals surface area contributed by atoms with Crippen LogP contribution in [0.1, 0.15) is 125 Å². The minimum atomic E-state index is -8.71. The average Bonchev–Trinajstić information content (AvgIpc) is 3.18. The molecule has 20 heteroatoms. The van der Waals surface area contributed by atoms with Gasteiger partial charge in [0.1, 0.15) is 5.75 Å². The molecule has 0 saturated carbocycles. The molecule has 0 heterocycles. The summed E-state index contributed by atoms with van der Waals surface area (Å²) >= 11 is 0. The van der Waals surface area contributed by atoms with Crippen LogP contribution in [-0.2, 0) is 4.74 Å². The summed E-state index contributed by atoms with van der Waals surface area (Å²) in [6.45, 7) is 0.708. The van der Waals surface area contributed by atoms with E-state index in [1.54, 1.807) is 24.3 Å². The van der Waals surface area contributed by atoms with Crippen molar-refractivity contribution in [3.63, 3.8) is 0 Å². The lowest BCUT2D eigenvalue weighted by molar-refractivity contribution is -0.461. The van der Waals surface area contributed by atoms with E-state index >= 15 is 0 Å². The maximum absolute atomic E-state index is 14.1.